The summed E-state index contributed by atoms with van der Waals surface area (Å²) in [7, 11) is 0. The topological polar surface area (TPSA) is 29.5 Å². The highest BCUT2D eigenvalue weighted by Gasteiger charge is 2.29. The molecule has 0 N–H and O–H groups in total. The Balaban J connectivity index is 1.76. The first-order valence-corrected chi connectivity index (χ1v) is 6.68. The SMILES string of the molecule is CCOC(=O)[C@@H]1CCCN(CC2CCC2)C1. The molecule has 1 aliphatic carbocycles. The lowest BCUT2D eigenvalue weighted by molar-refractivity contribution is -0.150. The maximum atomic E-state index is 11.7. The smallest absolute Gasteiger partial charge is 0.310 e. The molecule has 1 atom stereocenters. The lowest BCUT2D eigenvalue weighted by Gasteiger charge is -2.36. The van der Waals surface area contributed by atoms with Crippen molar-refractivity contribution in [2.75, 3.05) is 26.2 Å². The Kier molecular flexibility index (Phi) is 4.22. The largest absolute Gasteiger partial charge is 0.466 e. The second kappa shape index (κ2) is 5.67. The lowest BCUT2D eigenvalue weighted by Crippen LogP contribution is -2.42. The van der Waals surface area contributed by atoms with E-state index in [0.29, 0.717) is 6.61 Å². The van der Waals surface area contributed by atoms with Gasteiger partial charge in [0, 0.05) is 13.1 Å². The van der Waals surface area contributed by atoms with Crippen LogP contribution in [0.2, 0.25) is 0 Å². The molecule has 0 aromatic heterocycles. The molecule has 0 aromatic carbocycles. The van der Waals surface area contributed by atoms with E-state index in [9.17, 15) is 4.79 Å². The molecule has 3 nitrogen and oxygen atoms in total. The van der Waals surface area contributed by atoms with Gasteiger partial charge in [0.05, 0.1) is 12.5 Å². The van der Waals surface area contributed by atoms with Crippen LogP contribution in [0.3, 0.4) is 0 Å². The van der Waals surface area contributed by atoms with E-state index in [0.717, 1.165) is 25.3 Å². The van der Waals surface area contributed by atoms with E-state index in [1.807, 2.05) is 6.92 Å². The van der Waals surface area contributed by atoms with E-state index in [-0.39, 0.29) is 11.9 Å². The Morgan fingerprint density at radius 1 is 1.31 bits per heavy atom. The molecule has 2 aliphatic rings. The van der Waals surface area contributed by atoms with Crippen molar-refractivity contribution in [1.82, 2.24) is 4.90 Å². The summed E-state index contributed by atoms with van der Waals surface area (Å²) in [6.07, 6.45) is 6.34. The molecule has 1 saturated carbocycles. The van der Waals surface area contributed by atoms with Crippen LogP contribution in [0.25, 0.3) is 0 Å². The first-order chi connectivity index (χ1) is 7.79. The van der Waals surface area contributed by atoms with Gasteiger partial charge in [-0.05, 0) is 45.1 Å². The number of piperidine rings is 1. The number of carbonyl (C=O) groups excluding carboxylic acids is 1. The van der Waals surface area contributed by atoms with Crippen molar-refractivity contribution in [2.24, 2.45) is 11.8 Å². The molecular formula is C13H23NO2. The molecule has 0 aromatic rings. The second-order valence-electron chi connectivity index (χ2n) is 5.15. The molecule has 1 aliphatic heterocycles. The van der Waals surface area contributed by atoms with Gasteiger partial charge in [-0.15, -0.1) is 0 Å². The summed E-state index contributed by atoms with van der Waals surface area (Å²) >= 11 is 0. The molecule has 0 spiro atoms. The fraction of sp³-hybridized carbons (Fsp3) is 0.923. The minimum absolute atomic E-state index is 0.0146. The number of ether oxygens (including phenoxy) is 1. The summed E-state index contributed by atoms with van der Waals surface area (Å²) in [5, 5.41) is 0. The summed E-state index contributed by atoms with van der Waals surface area (Å²) in [5.74, 6) is 1.05. The van der Waals surface area contributed by atoms with Gasteiger partial charge in [0.2, 0.25) is 0 Å². The van der Waals surface area contributed by atoms with E-state index >= 15 is 0 Å². The zero-order chi connectivity index (χ0) is 11.4. The number of likely N-dealkylation sites (tertiary alicyclic amines) is 1. The van der Waals surface area contributed by atoms with Crippen LogP contribution in [0.4, 0.5) is 0 Å². The van der Waals surface area contributed by atoms with Gasteiger partial charge in [-0.25, -0.2) is 0 Å². The lowest BCUT2D eigenvalue weighted by atomic mass is 9.84. The highest BCUT2D eigenvalue weighted by atomic mass is 16.5. The third-order valence-corrected chi connectivity index (χ3v) is 3.87. The van der Waals surface area contributed by atoms with E-state index in [4.69, 9.17) is 4.74 Å². The monoisotopic (exact) mass is 225 g/mol. The Morgan fingerprint density at radius 3 is 2.75 bits per heavy atom. The van der Waals surface area contributed by atoms with Crippen LogP contribution >= 0.6 is 0 Å². The Morgan fingerprint density at radius 2 is 2.12 bits per heavy atom. The summed E-state index contributed by atoms with van der Waals surface area (Å²) in [6.45, 7) is 5.70. The molecule has 16 heavy (non-hydrogen) atoms. The van der Waals surface area contributed by atoms with Crippen LogP contribution in [0.5, 0.6) is 0 Å². The van der Waals surface area contributed by atoms with Crippen molar-refractivity contribution in [3.05, 3.63) is 0 Å². The van der Waals surface area contributed by atoms with Gasteiger partial charge in [-0.3, -0.25) is 4.79 Å². The number of hydrogen-bond donors (Lipinski definition) is 0. The summed E-state index contributed by atoms with van der Waals surface area (Å²) in [4.78, 5) is 14.1. The molecule has 2 rings (SSSR count). The van der Waals surface area contributed by atoms with E-state index in [1.54, 1.807) is 0 Å². The minimum atomic E-state index is 0.0146. The first-order valence-electron chi connectivity index (χ1n) is 6.68. The average Bonchev–Trinajstić information content (AvgIpc) is 2.24. The summed E-state index contributed by atoms with van der Waals surface area (Å²) in [5.41, 5.74) is 0. The number of nitrogens with zero attached hydrogens (tertiary/aromatic N) is 1. The molecular weight excluding hydrogens is 202 g/mol. The van der Waals surface area contributed by atoms with Crippen molar-refractivity contribution in [3.63, 3.8) is 0 Å². The van der Waals surface area contributed by atoms with Crippen LogP contribution < -0.4 is 0 Å². The normalized spacial score (nSPS) is 27.4. The Hall–Kier alpha value is -0.570. The number of hydrogen-bond acceptors (Lipinski definition) is 3. The molecule has 92 valence electrons. The molecule has 0 amide bonds. The predicted molar refractivity (Wildman–Crippen MR) is 63.1 cm³/mol. The van der Waals surface area contributed by atoms with E-state index in [1.165, 1.54) is 32.4 Å². The fourth-order valence-corrected chi connectivity index (χ4v) is 2.71. The molecule has 0 unspecified atom stereocenters. The van der Waals surface area contributed by atoms with Crippen molar-refractivity contribution in [2.45, 2.75) is 39.0 Å². The van der Waals surface area contributed by atoms with Crippen molar-refractivity contribution in [3.8, 4) is 0 Å². The first kappa shape index (κ1) is 11.9. The third kappa shape index (κ3) is 2.97. The molecule has 0 bridgehead atoms. The Bertz CT molecular complexity index is 238. The predicted octanol–water partition coefficient (Wildman–Crippen LogP) is 2.06. The minimum Gasteiger partial charge on any atom is -0.466 e. The van der Waals surface area contributed by atoms with Crippen LogP contribution in [-0.2, 0) is 9.53 Å². The van der Waals surface area contributed by atoms with Gasteiger partial charge < -0.3 is 9.64 Å². The number of carbonyl (C=O) groups is 1. The highest BCUT2D eigenvalue weighted by Crippen LogP contribution is 2.28. The fourth-order valence-electron chi connectivity index (χ4n) is 2.71. The Labute approximate surface area is 98.1 Å². The van der Waals surface area contributed by atoms with Crippen molar-refractivity contribution < 1.29 is 9.53 Å². The maximum Gasteiger partial charge on any atom is 0.310 e. The standard InChI is InChI=1S/C13H23NO2/c1-2-16-13(15)12-7-4-8-14(10-12)9-11-5-3-6-11/h11-12H,2-10H2,1H3/t12-/m1/s1. The number of rotatable bonds is 4. The van der Waals surface area contributed by atoms with E-state index in [2.05, 4.69) is 4.90 Å². The number of esters is 1. The van der Waals surface area contributed by atoms with Gasteiger partial charge in [0.15, 0.2) is 0 Å². The van der Waals surface area contributed by atoms with Crippen molar-refractivity contribution >= 4 is 5.97 Å². The van der Waals surface area contributed by atoms with Gasteiger partial charge in [-0.2, -0.15) is 0 Å². The van der Waals surface area contributed by atoms with Gasteiger partial charge >= 0.3 is 5.97 Å². The molecule has 1 saturated heterocycles. The summed E-state index contributed by atoms with van der Waals surface area (Å²) < 4.78 is 5.11. The maximum absolute atomic E-state index is 11.7. The van der Waals surface area contributed by atoms with E-state index < -0.39 is 0 Å². The highest BCUT2D eigenvalue weighted by molar-refractivity contribution is 5.72. The molecule has 3 heteroatoms. The van der Waals surface area contributed by atoms with Gasteiger partial charge in [0.1, 0.15) is 0 Å². The zero-order valence-corrected chi connectivity index (χ0v) is 10.3. The van der Waals surface area contributed by atoms with Crippen LogP contribution in [0, 0.1) is 11.8 Å². The van der Waals surface area contributed by atoms with Gasteiger partial charge in [-0.1, -0.05) is 6.42 Å². The molecule has 0 radical (unpaired) electrons. The quantitative estimate of drug-likeness (QED) is 0.686. The molecule has 2 fully saturated rings. The second-order valence-corrected chi connectivity index (χ2v) is 5.15. The zero-order valence-electron chi connectivity index (χ0n) is 10.3. The van der Waals surface area contributed by atoms with Crippen LogP contribution in [-0.4, -0.2) is 37.1 Å². The van der Waals surface area contributed by atoms with Crippen molar-refractivity contribution in [1.29, 1.82) is 0 Å². The molecule has 1 heterocycles. The summed E-state index contributed by atoms with van der Waals surface area (Å²) in [6, 6.07) is 0. The third-order valence-electron chi connectivity index (χ3n) is 3.87. The van der Waals surface area contributed by atoms with Crippen LogP contribution in [0.15, 0.2) is 0 Å². The van der Waals surface area contributed by atoms with Crippen LogP contribution in [0.1, 0.15) is 39.0 Å². The van der Waals surface area contributed by atoms with Gasteiger partial charge in [0.25, 0.3) is 0 Å². The average molecular weight is 225 g/mol.